The molecule has 0 spiro atoms. The van der Waals surface area contributed by atoms with Gasteiger partial charge in [0.2, 0.25) is 0 Å². The number of benzene rings is 2. The van der Waals surface area contributed by atoms with Crippen LogP contribution in [-0.2, 0) is 6.42 Å². The zero-order valence-corrected chi connectivity index (χ0v) is 9.11. The largest absolute Gasteiger partial charge is 0.330 e. The van der Waals surface area contributed by atoms with E-state index in [1.807, 2.05) is 0 Å². The Morgan fingerprint density at radius 2 is 1.80 bits per heavy atom. The molecule has 0 aliphatic rings. The Morgan fingerprint density at radius 1 is 1.07 bits per heavy atom. The number of hydrogen-bond donors (Lipinski definition) is 1. The molecule has 0 saturated heterocycles. The third-order valence-electron chi connectivity index (χ3n) is 2.80. The van der Waals surface area contributed by atoms with Crippen LogP contribution in [0.4, 0.5) is 0 Å². The second-order valence-corrected chi connectivity index (χ2v) is 4.23. The van der Waals surface area contributed by atoms with Gasteiger partial charge in [0.15, 0.2) is 0 Å². The maximum Gasteiger partial charge on any atom is -0.00483 e. The highest BCUT2D eigenvalue weighted by Gasteiger charge is 2.01. The Balaban J connectivity index is 2.30. The summed E-state index contributed by atoms with van der Waals surface area (Å²) >= 11 is 0. The first-order valence-electron chi connectivity index (χ1n) is 5.47. The van der Waals surface area contributed by atoms with Crippen molar-refractivity contribution in [3.63, 3.8) is 0 Å². The van der Waals surface area contributed by atoms with Gasteiger partial charge < -0.3 is 5.73 Å². The molecule has 2 aromatic carbocycles. The molecule has 2 N–H and O–H groups in total. The van der Waals surface area contributed by atoms with Crippen molar-refractivity contribution in [2.45, 2.75) is 13.3 Å². The van der Waals surface area contributed by atoms with Gasteiger partial charge in [-0.25, -0.2) is 0 Å². The topological polar surface area (TPSA) is 26.0 Å². The summed E-state index contributed by atoms with van der Waals surface area (Å²) in [6, 6.07) is 15.1. The monoisotopic (exact) mass is 199 g/mol. The molecular weight excluding hydrogens is 182 g/mol. The molecule has 0 aliphatic heterocycles. The van der Waals surface area contributed by atoms with Crippen LogP contribution < -0.4 is 5.73 Å². The molecule has 0 fully saturated rings. The Labute approximate surface area is 90.9 Å². The van der Waals surface area contributed by atoms with Gasteiger partial charge in [0.05, 0.1) is 0 Å². The average Bonchev–Trinajstić information content (AvgIpc) is 2.29. The van der Waals surface area contributed by atoms with Gasteiger partial charge in [-0.1, -0.05) is 49.4 Å². The summed E-state index contributed by atoms with van der Waals surface area (Å²) < 4.78 is 0. The van der Waals surface area contributed by atoms with Crippen molar-refractivity contribution in [2.75, 3.05) is 6.54 Å². The maximum atomic E-state index is 5.63. The van der Waals surface area contributed by atoms with Crippen molar-refractivity contribution in [1.82, 2.24) is 0 Å². The van der Waals surface area contributed by atoms with E-state index < -0.39 is 0 Å². The van der Waals surface area contributed by atoms with E-state index >= 15 is 0 Å². The van der Waals surface area contributed by atoms with E-state index in [2.05, 4.69) is 49.4 Å². The molecule has 1 heteroatoms. The lowest BCUT2D eigenvalue weighted by atomic mass is 9.99. The Bertz CT molecular complexity index is 448. The molecule has 0 amide bonds. The van der Waals surface area contributed by atoms with E-state index in [9.17, 15) is 0 Å². The van der Waals surface area contributed by atoms with Gasteiger partial charge in [0.25, 0.3) is 0 Å². The van der Waals surface area contributed by atoms with Crippen LogP contribution in [0.5, 0.6) is 0 Å². The SMILES string of the molecule is C[C@H](CN)Cc1ccc2ccccc2c1. The first kappa shape index (κ1) is 10.2. The summed E-state index contributed by atoms with van der Waals surface area (Å²) in [7, 11) is 0. The molecule has 0 radical (unpaired) electrons. The standard InChI is InChI=1S/C14H17N/c1-11(10-15)8-12-6-7-13-4-2-3-5-14(13)9-12/h2-7,9,11H,8,10,15H2,1H3/t11-/m0/s1. The normalized spacial score (nSPS) is 12.9. The van der Waals surface area contributed by atoms with Crippen LogP contribution in [0, 0.1) is 5.92 Å². The van der Waals surface area contributed by atoms with Gasteiger partial charge in [-0.05, 0) is 35.2 Å². The van der Waals surface area contributed by atoms with Gasteiger partial charge in [0, 0.05) is 0 Å². The highest BCUT2D eigenvalue weighted by atomic mass is 14.5. The van der Waals surface area contributed by atoms with Gasteiger partial charge in [-0.15, -0.1) is 0 Å². The quantitative estimate of drug-likeness (QED) is 0.808. The van der Waals surface area contributed by atoms with E-state index in [1.165, 1.54) is 16.3 Å². The van der Waals surface area contributed by atoms with Crippen molar-refractivity contribution in [3.05, 3.63) is 48.0 Å². The molecule has 2 rings (SSSR count). The van der Waals surface area contributed by atoms with Crippen molar-refractivity contribution in [2.24, 2.45) is 11.7 Å². The van der Waals surface area contributed by atoms with Crippen molar-refractivity contribution < 1.29 is 0 Å². The van der Waals surface area contributed by atoms with Crippen molar-refractivity contribution in [1.29, 1.82) is 0 Å². The molecule has 1 nitrogen and oxygen atoms in total. The maximum absolute atomic E-state index is 5.63. The van der Waals surface area contributed by atoms with Crippen LogP contribution in [0.1, 0.15) is 12.5 Å². The number of hydrogen-bond acceptors (Lipinski definition) is 1. The molecule has 0 aliphatic carbocycles. The minimum atomic E-state index is 0.561. The summed E-state index contributed by atoms with van der Waals surface area (Å²) in [6.07, 6.45) is 1.07. The fourth-order valence-electron chi connectivity index (χ4n) is 1.85. The second kappa shape index (κ2) is 4.45. The number of fused-ring (bicyclic) bond motifs is 1. The van der Waals surface area contributed by atoms with Crippen LogP contribution in [-0.4, -0.2) is 6.54 Å². The van der Waals surface area contributed by atoms with Gasteiger partial charge in [-0.2, -0.15) is 0 Å². The Morgan fingerprint density at radius 3 is 2.53 bits per heavy atom. The molecular formula is C14H17N. The summed E-state index contributed by atoms with van der Waals surface area (Å²) in [5.74, 6) is 0.561. The van der Waals surface area contributed by atoms with Crippen molar-refractivity contribution >= 4 is 10.8 Å². The highest BCUT2D eigenvalue weighted by molar-refractivity contribution is 5.82. The van der Waals surface area contributed by atoms with Crippen LogP contribution in [0.2, 0.25) is 0 Å². The zero-order valence-electron chi connectivity index (χ0n) is 9.11. The smallest absolute Gasteiger partial charge is 0.00483 e. The fourth-order valence-corrected chi connectivity index (χ4v) is 1.85. The molecule has 0 bridgehead atoms. The van der Waals surface area contributed by atoms with Gasteiger partial charge in [0.1, 0.15) is 0 Å². The fraction of sp³-hybridized carbons (Fsp3) is 0.286. The third kappa shape index (κ3) is 2.37. The van der Waals surface area contributed by atoms with E-state index in [-0.39, 0.29) is 0 Å². The van der Waals surface area contributed by atoms with E-state index in [1.54, 1.807) is 0 Å². The summed E-state index contributed by atoms with van der Waals surface area (Å²) in [5, 5.41) is 2.63. The molecule has 0 saturated carbocycles. The zero-order chi connectivity index (χ0) is 10.7. The lowest BCUT2D eigenvalue weighted by molar-refractivity contribution is 0.593. The molecule has 78 valence electrons. The first-order valence-corrected chi connectivity index (χ1v) is 5.47. The molecule has 0 unspecified atom stereocenters. The minimum Gasteiger partial charge on any atom is -0.330 e. The second-order valence-electron chi connectivity index (χ2n) is 4.23. The lowest BCUT2D eigenvalue weighted by Crippen LogP contribution is -2.12. The Kier molecular flexibility index (Phi) is 3.02. The Hall–Kier alpha value is -1.34. The molecule has 15 heavy (non-hydrogen) atoms. The lowest BCUT2D eigenvalue weighted by Gasteiger charge is -2.08. The average molecular weight is 199 g/mol. The summed E-state index contributed by atoms with van der Waals surface area (Å²) in [4.78, 5) is 0. The molecule has 0 aromatic heterocycles. The predicted molar refractivity (Wildman–Crippen MR) is 65.9 cm³/mol. The first-order chi connectivity index (χ1) is 7.29. The summed E-state index contributed by atoms with van der Waals surface area (Å²) in [6.45, 7) is 2.95. The van der Waals surface area contributed by atoms with E-state index in [4.69, 9.17) is 5.73 Å². The van der Waals surface area contributed by atoms with Crippen LogP contribution in [0.25, 0.3) is 10.8 Å². The predicted octanol–water partition coefficient (Wildman–Crippen LogP) is 2.98. The van der Waals surface area contributed by atoms with E-state index in [0.717, 1.165) is 13.0 Å². The molecule has 1 atom stereocenters. The molecule has 2 aromatic rings. The molecule has 0 heterocycles. The van der Waals surface area contributed by atoms with E-state index in [0.29, 0.717) is 5.92 Å². The third-order valence-corrected chi connectivity index (χ3v) is 2.80. The summed E-state index contributed by atoms with van der Waals surface area (Å²) in [5.41, 5.74) is 7.01. The van der Waals surface area contributed by atoms with Crippen molar-refractivity contribution in [3.8, 4) is 0 Å². The highest BCUT2D eigenvalue weighted by Crippen LogP contribution is 2.17. The minimum absolute atomic E-state index is 0.561. The number of nitrogens with two attached hydrogens (primary N) is 1. The van der Waals surface area contributed by atoms with Crippen LogP contribution >= 0.6 is 0 Å². The van der Waals surface area contributed by atoms with Gasteiger partial charge >= 0.3 is 0 Å². The van der Waals surface area contributed by atoms with Gasteiger partial charge in [-0.3, -0.25) is 0 Å². The van der Waals surface area contributed by atoms with Crippen LogP contribution in [0.15, 0.2) is 42.5 Å². The number of rotatable bonds is 3. The van der Waals surface area contributed by atoms with Crippen LogP contribution in [0.3, 0.4) is 0 Å².